The molecule has 0 aromatic rings. The molecular formula is C19H28O4. The Morgan fingerprint density at radius 3 is 1.96 bits per heavy atom. The number of ether oxygens (including phenoxy) is 2. The van der Waals surface area contributed by atoms with E-state index in [4.69, 9.17) is 9.47 Å². The molecule has 1 unspecified atom stereocenters. The predicted octanol–water partition coefficient (Wildman–Crippen LogP) is 4.10. The molecular weight excluding hydrogens is 292 g/mol. The molecule has 4 heteroatoms. The maximum atomic E-state index is 11.8. The van der Waals surface area contributed by atoms with E-state index < -0.39 is 11.2 Å². The van der Waals surface area contributed by atoms with Crippen LogP contribution in [0.15, 0.2) is 25.3 Å². The van der Waals surface area contributed by atoms with Gasteiger partial charge in [-0.2, -0.15) is 0 Å². The van der Waals surface area contributed by atoms with Crippen LogP contribution >= 0.6 is 0 Å². The van der Waals surface area contributed by atoms with Gasteiger partial charge in [0.1, 0.15) is 11.2 Å². The summed E-state index contributed by atoms with van der Waals surface area (Å²) in [4.78, 5) is 23.5. The molecule has 0 N–H and O–H groups in total. The molecule has 0 aliphatic heterocycles. The fraction of sp³-hybridized carbons (Fsp3) is 0.684. The van der Waals surface area contributed by atoms with Crippen molar-refractivity contribution in [3.63, 3.8) is 0 Å². The molecule has 2 rings (SSSR count). The fourth-order valence-electron chi connectivity index (χ4n) is 4.28. The first-order valence-electron chi connectivity index (χ1n) is 8.66. The normalized spacial score (nSPS) is 23.0. The van der Waals surface area contributed by atoms with Crippen molar-refractivity contribution in [2.45, 2.75) is 75.9 Å². The average molecular weight is 320 g/mol. The van der Waals surface area contributed by atoms with Crippen molar-refractivity contribution in [2.24, 2.45) is 5.92 Å². The highest BCUT2D eigenvalue weighted by molar-refractivity contribution is 5.82. The lowest BCUT2D eigenvalue weighted by Crippen LogP contribution is -2.44. The summed E-state index contributed by atoms with van der Waals surface area (Å²) in [6.45, 7) is 9.12. The molecule has 2 aliphatic rings. The molecule has 0 aromatic heterocycles. The number of carbonyl (C=O) groups is 2. The number of hydrogen-bond donors (Lipinski definition) is 0. The zero-order chi connectivity index (χ0) is 16.9. The topological polar surface area (TPSA) is 52.6 Å². The van der Waals surface area contributed by atoms with E-state index in [1.54, 1.807) is 0 Å². The summed E-state index contributed by atoms with van der Waals surface area (Å²) in [5, 5.41) is 0. The molecule has 0 amide bonds. The van der Waals surface area contributed by atoms with Crippen LogP contribution in [0.3, 0.4) is 0 Å². The minimum atomic E-state index is -0.443. The zero-order valence-electron chi connectivity index (χ0n) is 14.1. The Morgan fingerprint density at radius 1 is 0.957 bits per heavy atom. The van der Waals surface area contributed by atoms with Crippen LogP contribution in [-0.4, -0.2) is 23.1 Å². The lowest BCUT2D eigenvalue weighted by atomic mass is 9.78. The van der Waals surface area contributed by atoms with E-state index in [1.807, 2.05) is 0 Å². The van der Waals surface area contributed by atoms with Crippen LogP contribution in [0.5, 0.6) is 0 Å². The van der Waals surface area contributed by atoms with E-state index in [-0.39, 0.29) is 17.9 Å². The summed E-state index contributed by atoms with van der Waals surface area (Å²) < 4.78 is 11.5. The Balaban J connectivity index is 2.13. The monoisotopic (exact) mass is 320 g/mol. The molecule has 0 bridgehead atoms. The highest BCUT2D eigenvalue weighted by atomic mass is 16.6. The van der Waals surface area contributed by atoms with E-state index in [9.17, 15) is 9.59 Å². The second-order valence-corrected chi connectivity index (χ2v) is 7.02. The first-order valence-corrected chi connectivity index (χ1v) is 8.66. The molecule has 0 aromatic carbocycles. The second kappa shape index (κ2) is 7.33. The van der Waals surface area contributed by atoms with E-state index >= 15 is 0 Å². The van der Waals surface area contributed by atoms with Crippen LogP contribution < -0.4 is 0 Å². The number of hydrogen-bond acceptors (Lipinski definition) is 4. The van der Waals surface area contributed by atoms with Gasteiger partial charge in [0.25, 0.3) is 0 Å². The van der Waals surface area contributed by atoms with Gasteiger partial charge in [-0.3, -0.25) is 0 Å². The quantitative estimate of drug-likeness (QED) is 0.523. The van der Waals surface area contributed by atoms with Gasteiger partial charge >= 0.3 is 11.9 Å². The third-order valence-electron chi connectivity index (χ3n) is 5.50. The van der Waals surface area contributed by atoms with Gasteiger partial charge in [-0.25, -0.2) is 9.59 Å². The summed E-state index contributed by atoms with van der Waals surface area (Å²) >= 11 is 0. The van der Waals surface area contributed by atoms with Crippen molar-refractivity contribution in [1.29, 1.82) is 0 Å². The number of rotatable bonds is 7. The van der Waals surface area contributed by atoms with Crippen molar-refractivity contribution in [1.82, 2.24) is 0 Å². The minimum absolute atomic E-state index is 0.143. The lowest BCUT2D eigenvalue weighted by Gasteiger charge is -2.40. The van der Waals surface area contributed by atoms with Gasteiger partial charge in [0.15, 0.2) is 0 Å². The maximum absolute atomic E-state index is 11.8. The maximum Gasteiger partial charge on any atom is 0.330 e. The summed E-state index contributed by atoms with van der Waals surface area (Å²) in [6.07, 6.45) is 11.0. The van der Waals surface area contributed by atoms with E-state index in [2.05, 4.69) is 20.1 Å². The van der Waals surface area contributed by atoms with Gasteiger partial charge in [-0.1, -0.05) is 20.1 Å². The first-order chi connectivity index (χ1) is 11.0. The van der Waals surface area contributed by atoms with Gasteiger partial charge in [-0.05, 0) is 63.7 Å². The molecule has 2 fully saturated rings. The Bertz CT molecular complexity index is 468. The van der Waals surface area contributed by atoms with Gasteiger partial charge < -0.3 is 9.47 Å². The van der Waals surface area contributed by atoms with Crippen LogP contribution in [0.25, 0.3) is 0 Å². The van der Waals surface area contributed by atoms with E-state index in [0.717, 1.165) is 57.8 Å². The van der Waals surface area contributed by atoms with Gasteiger partial charge in [0.2, 0.25) is 0 Å². The Kier molecular flexibility index (Phi) is 5.66. The van der Waals surface area contributed by atoms with E-state index in [0.29, 0.717) is 0 Å². The number of carbonyl (C=O) groups excluding carboxylic acids is 2. The molecule has 0 radical (unpaired) electrons. The predicted molar refractivity (Wildman–Crippen MR) is 88.8 cm³/mol. The third kappa shape index (κ3) is 4.04. The summed E-state index contributed by atoms with van der Waals surface area (Å²) in [5.74, 6) is -0.574. The molecule has 23 heavy (non-hydrogen) atoms. The van der Waals surface area contributed by atoms with Crippen LogP contribution in [0.1, 0.15) is 64.7 Å². The molecule has 4 nitrogen and oxygen atoms in total. The van der Waals surface area contributed by atoms with Crippen LogP contribution in [-0.2, 0) is 19.1 Å². The van der Waals surface area contributed by atoms with Gasteiger partial charge in [0.05, 0.1) is 0 Å². The summed E-state index contributed by atoms with van der Waals surface area (Å²) in [5.41, 5.74) is -0.873. The smallest absolute Gasteiger partial charge is 0.330 e. The molecule has 128 valence electrons. The van der Waals surface area contributed by atoms with Crippen LogP contribution in [0, 0.1) is 5.92 Å². The van der Waals surface area contributed by atoms with Crippen molar-refractivity contribution < 1.29 is 19.1 Å². The first kappa shape index (κ1) is 17.8. The van der Waals surface area contributed by atoms with Crippen molar-refractivity contribution >= 4 is 11.9 Å². The van der Waals surface area contributed by atoms with Crippen LogP contribution in [0.2, 0.25) is 0 Å². The molecule has 0 saturated heterocycles. The average Bonchev–Trinajstić information content (AvgIpc) is 3.17. The van der Waals surface area contributed by atoms with Crippen molar-refractivity contribution in [3.8, 4) is 0 Å². The second-order valence-electron chi connectivity index (χ2n) is 7.02. The molecule has 0 spiro atoms. The van der Waals surface area contributed by atoms with Crippen molar-refractivity contribution in [2.75, 3.05) is 0 Å². The van der Waals surface area contributed by atoms with Gasteiger partial charge in [-0.15, -0.1) is 0 Å². The summed E-state index contributed by atoms with van der Waals surface area (Å²) in [7, 11) is 0. The standard InChI is InChI=1S/C19H28O4/c1-4-16(20)22-18(10-6-7-11-18)14-15(3)19(12-8-9-13-19)23-17(21)5-2/h4-5,15H,1-2,6-14H2,3H3. The minimum Gasteiger partial charge on any atom is -0.456 e. The Morgan fingerprint density at radius 2 is 1.43 bits per heavy atom. The van der Waals surface area contributed by atoms with E-state index in [1.165, 1.54) is 12.2 Å². The Hall–Kier alpha value is -1.58. The van der Waals surface area contributed by atoms with Gasteiger partial charge in [0, 0.05) is 12.2 Å². The highest BCUT2D eigenvalue weighted by Gasteiger charge is 2.47. The highest BCUT2D eigenvalue weighted by Crippen LogP contribution is 2.46. The zero-order valence-corrected chi connectivity index (χ0v) is 14.1. The largest absolute Gasteiger partial charge is 0.456 e. The van der Waals surface area contributed by atoms with Crippen molar-refractivity contribution in [3.05, 3.63) is 25.3 Å². The molecule has 1 atom stereocenters. The molecule has 0 heterocycles. The number of esters is 2. The molecule has 2 saturated carbocycles. The lowest BCUT2D eigenvalue weighted by molar-refractivity contribution is -0.168. The van der Waals surface area contributed by atoms with Crippen LogP contribution in [0.4, 0.5) is 0 Å². The fourth-order valence-corrected chi connectivity index (χ4v) is 4.28. The SMILES string of the molecule is C=CC(=O)OC1(CC(C)C2(OC(=O)C=C)CCCC2)CCCC1. The third-order valence-corrected chi connectivity index (χ3v) is 5.50. The Labute approximate surface area is 138 Å². The molecule has 2 aliphatic carbocycles. The summed E-state index contributed by atoms with van der Waals surface area (Å²) in [6, 6.07) is 0.